The summed E-state index contributed by atoms with van der Waals surface area (Å²) in [5, 5.41) is 3.73. The quantitative estimate of drug-likeness (QED) is 0.734. The molecule has 1 aliphatic carbocycles. The number of rotatable bonds is 4. The molecule has 0 spiro atoms. The van der Waals surface area contributed by atoms with Crippen LogP contribution in [0.15, 0.2) is 24.3 Å². The third kappa shape index (κ3) is 4.19. The minimum atomic E-state index is 0.532. The predicted molar refractivity (Wildman–Crippen MR) is 91.2 cm³/mol. The molecule has 1 fully saturated rings. The van der Waals surface area contributed by atoms with Gasteiger partial charge in [-0.3, -0.25) is 0 Å². The zero-order valence-corrected chi connectivity index (χ0v) is 14.5. The number of hydrogen-bond donors (Lipinski definition) is 1. The van der Waals surface area contributed by atoms with E-state index in [1.54, 1.807) is 0 Å². The highest BCUT2D eigenvalue weighted by Crippen LogP contribution is 2.39. The van der Waals surface area contributed by atoms with Crippen LogP contribution in [0.5, 0.6) is 0 Å². The molecule has 1 aliphatic rings. The first-order valence-electron chi connectivity index (χ1n) is 7.59. The largest absolute Gasteiger partial charge is 0.310 e. The van der Waals surface area contributed by atoms with Gasteiger partial charge in [-0.25, -0.2) is 0 Å². The molecule has 0 aromatic heterocycles. The maximum absolute atomic E-state index is 3.73. The van der Waals surface area contributed by atoms with Crippen LogP contribution < -0.4 is 5.32 Å². The molecule has 3 atom stereocenters. The van der Waals surface area contributed by atoms with Gasteiger partial charge in [0, 0.05) is 9.61 Å². The van der Waals surface area contributed by atoms with Gasteiger partial charge in [-0.15, -0.1) is 0 Å². The summed E-state index contributed by atoms with van der Waals surface area (Å²) < 4.78 is 1.34. The van der Waals surface area contributed by atoms with Crippen molar-refractivity contribution in [3.05, 3.63) is 33.4 Å². The fraction of sp³-hybridized carbons (Fsp3) is 0.647. The Morgan fingerprint density at radius 2 is 1.89 bits per heavy atom. The molecule has 2 rings (SSSR count). The highest BCUT2D eigenvalue weighted by molar-refractivity contribution is 14.1. The zero-order chi connectivity index (χ0) is 13.8. The normalized spacial score (nSPS) is 29.2. The Morgan fingerprint density at radius 3 is 2.47 bits per heavy atom. The van der Waals surface area contributed by atoms with Crippen LogP contribution in [0, 0.1) is 21.3 Å². The minimum Gasteiger partial charge on any atom is -0.310 e. The molecule has 1 N–H and O–H groups in total. The fourth-order valence-corrected chi connectivity index (χ4v) is 4.33. The summed E-state index contributed by atoms with van der Waals surface area (Å²) >= 11 is 2.42. The lowest BCUT2D eigenvalue weighted by Gasteiger charge is -2.37. The molecule has 19 heavy (non-hydrogen) atoms. The maximum Gasteiger partial charge on any atom is 0.0349 e. The van der Waals surface area contributed by atoms with Gasteiger partial charge in [-0.1, -0.05) is 32.9 Å². The van der Waals surface area contributed by atoms with Crippen LogP contribution in [-0.2, 0) is 0 Å². The van der Waals surface area contributed by atoms with Crippen molar-refractivity contribution < 1.29 is 0 Å². The molecule has 1 aromatic carbocycles. The van der Waals surface area contributed by atoms with Crippen molar-refractivity contribution in [2.75, 3.05) is 6.54 Å². The van der Waals surface area contributed by atoms with E-state index in [0.717, 1.165) is 24.3 Å². The van der Waals surface area contributed by atoms with Crippen LogP contribution in [0.3, 0.4) is 0 Å². The molecule has 1 nitrogen and oxygen atoms in total. The molecule has 0 amide bonds. The summed E-state index contributed by atoms with van der Waals surface area (Å²) in [7, 11) is 0. The second-order valence-electron chi connectivity index (χ2n) is 6.27. The van der Waals surface area contributed by atoms with E-state index in [4.69, 9.17) is 0 Å². The third-order valence-electron chi connectivity index (χ3n) is 4.32. The van der Waals surface area contributed by atoms with Crippen molar-refractivity contribution >= 4 is 22.6 Å². The third-order valence-corrected chi connectivity index (χ3v) is 4.99. The molecule has 0 radical (unpaired) electrons. The van der Waals surface area contributed by atoms with E-state index in [1.165, 1.54) is 28.4 Å². The molecule has 0 bridgehead atoms. The molecule has 3 unspecified atom stereocenters. The van der Waals surface area contributed by atoms with Gasteiger partial charge in [-0.05, 0) is 83.8 Å². The number of nitrogens with one attached hydrogen (secondary N) is 1. The van der Waals surface area contributed by atoms with Crippen LogP contribution in [0.4, 0.5) is 0 Å². The predicted octanol–water partition coefficient (Wildman–Crippen LogP) is 5.01. The van der Waals surface area contributed by atoms with Crippen molar-refractivity contribution in [1.29, 1.82) is 0 Å². The van der Waals surface area contributed by atoms with Crippen molar-refractivity contribution in [1.82, 2.24) is 5.32 Å². The summed E-state index contributed by atoms with van der Waals surface area (Å²) in [6, 6.07) is 9.54. The summed E-state index contributed by atoms with van der Waals surface area (Å²) in [6.45, 7) is 8.10. The van der Waals surface area contributed by atoms with Gasteiger partial charge in [-0.2, -0.15) is 0 Å². The molecule has 0 saturated heterocycles. The van der Waals surface area contributed by atoms with Crippen LogP contribution in [0.2, 0.25) is 0 Å². The summed E-state index contributed by atoms with van der Waals surface area (Å²) in [6.07, 6.45) is 4.14. The topological polar surface area (TPSA) is 12.0 Å². The maximum atomic E-state index is 3.73. The summed E-state index contributed by atoms with van der Waals surface area (Å²) in [5.41, 5.74) is 1.47. The Morgan fingerprint density at radius 1 is 1.21 bits per heavy atom. The lowest BCUT2D eigenvalue weighted by Crippen LogP contribution is -2.33. The molecule has 0 heterocycles. The van der Waals surface area contributed by atoms with Gasteiger partial charge in [0.25, 0.3) is 0 Å². The minimum absolute atomic E-state index is 0.532. The SMILES string of the molecule is CCNC(c1cccc(I)c1)C1CC(C)CC(C)C1. The Labute approximate surface area is 131 Å². The monoisotopic (exact) mass is 371 g/mol. The van der Waals surface area contributed by atoms with Gasteiger partial charge in [0.05, 0.1) is 0 Å². The summed E-state index contributed by atoms with van der Waals surface area (Å²) in [4.78, 5) is 0. The molecular weight excluding hydrogens is 345 g/mol. The second kappa shape index (κ2) is 7.07. The van der Waals surface area contributed by atoms with E-state index in [2.05, 4.69) is 72.9 Å². The molecular formula is C17H26IN. The van der Waals surface area contributed by atoms with Crippen molar-refractivity contribution in [2.45, 2.75) is 46.1 Å². The molecule has 1 aromatic rings. The zero-order valence-electron chi connectivity index (χ0n) is 12.3. The number of halogens is 1. The van der Waals surface area contributed by atoms with E-state index < -0.39 is 0 Å². The fourth-order valence-electron chi connectivity index (χ4n) is 3.76. The Bertz CT molecular complexity index is 394. The lowest BCUT2D eigenvalue weighted by atomic mass is 9.72. The van der Waals surface area contributed by atoms with Gasteiger partial charge < -0.3 is 5.32 Å². The first-order valence-corrected chi connectivity index (χ1v) is 8.66. The lowest BCUT2D eigenvalue weighted by molar-refractivity contribution is 0.177. The van der Waals surface area contributed by atoms with E-state index in [9.17, 15) is 0 Å². The standard InChI is InChI=1S/C17H26IN/c1-4-19-17(14-6-5-7-16(18)11-14)15-9-12(2)8-13(3)10-15/h5-7,11-13,15,17,19H,4,8-10H2,1-3H3. The Balaban J connectivity index is 2.19. The summed E-state index contributed by atoms with van der Waals surface area (Å²) in [5.74, 6) is 2.53. The number of hydrogen-bond acceptors (Lipinski definition) is 1. The Hall–Kier alpha value is -0.0900. The second-order valence-corrected chi connectivity index (χ2v) is 7.51. The average molecular weight is 371 g/mol. The average Bonchev–Trinajstić information content (AvgIpc) is 2.34. The van der Waals surface area contributed by atoms with E-state index in [1.807, 2.05) is 0 Å². The van der Waals surface area contributed by atoms with E-state index in [0.29, 0.717) is 6.04 Å². The van der Waals surface area contributed by atoms with Crippen molar-refractivity contribution in [3.8, 4) is 0 Å². The first kappa shape index (κ1) is 15.3. The van der Waals surface area contributed by atoms with E-state index >= 15 is 0 Å². The van der Waals surface area contributed by atoms with Crippen molar-refractivity contribution in [3.63, 3.8) is 0 Å². The van der Waals surface area contributed by atoms with Crippen LogP contribution in [-0.4, -0.2) is 6.54 Å². The smallest absolute Gasteiger partial charge is 0.0349 e. The number of benzene rings is 1. The van der Waals surface area contributed by atoms with Gasteiger partial charge in [0.2, 0.25) is 0 Å². The Kier molecular flexibility index (Phi) is 5.70. The van der Waals surface area contributed by atoms with E-state index in [-0.39, 0.29) is 0 Å². The van der Waals surface area contributed by atoms with Gasteiger partial charge in [0.15, 0.2) is 0 Å². The highest BCUT2D eigenvalue weighted by atomic mass is 127. The molecule has 2 heteroatoms. The van der Waals surface area contributed by atoms with Crippen LogP contribution in [0.1, 0.15) is 51.6 Å². The van der Waals surface area contributed by atoms with Crippen molar-refractivity contribution in [2.24, 2.45) is 17.8 Å². The van der Waals surface area contributed by atoms with Crippen LogP contribution >= 0.6 is 22.6 Å². The first-order chi connectivity index (χ1) is 9.10. The van der Waals surface area contributed by atoms with Gasteiger partial charge >= 0.3 is 0 Å². The molecule has 0 aliphatic heterocycles. The molecule has 1 saturated carbocycles. The van der Waals surface area contributed by atoms with Gasteiger partial charge in [0.1, 0.15) is 0 Å². The molecule has 106 valence electrons. The highest BCUT2D eigenvalue weighted by Gasteiger charge is 2.30. The van der Waals surface area contributed by atoms with Crippen LogP contribution in [0.25, 0.3) is 0 Å².